The van der Waals surface area contributed by atoms with Gasteiger partial charge in [-0.15, -0.1) is 0 Å². The molecule has 1 rings (SSSR count). The van der Waals surface area contributed by atoms with Gasteiger partial charge in [-0.1, -0.05) is 57.0 Å². The van der Waals surface area contributed by atoms with E-state index in [1.807, 2.05) is 0 Å². The Balaban J connectivity index is 2.44. The van der Waals surface area contributed by atoms with Crippen LogP contribution in [0.5, 0.6) is 0 Å². The Hall–Kier alpha value is -1.09. The molecule has 0 saturated carbocycles. The highest BCUT2D eigenvalue weighted by molar-refractivity contribution is 6.30. The summed E-state index contributed by atoms with van der Waals surface area (Å²) < 4.78 is 0. The maximum Gasteiger partial charge on any atom is 0.311 e. The van der Waals surface area contributed by atoms with Gasteiger partial charge in [-0.3, -0.25) is 9.78 Å². The number of aromatic nitrogens is 1. The van der Waals surface area contributed by atoms with Crippen LogP contribution in [0, 0.1) is 0 Å². The van der Waals surface area contributed by atoms with E-state index in [9.17, 15) is 9.90 Å². The average Bonchev–Trinajstić information content (AvgIpc) is 2.37. The van der Waals surface area contributed by atoms with Gasteiger partial charge in [0.15, 0.2) is 0 Å². The van der Waals surface area contributed by atoms with Crippen molar-refractivity contribution in [3.05, 3.63) is 29.0 Å². The number of carbonyl (C=O) groups is 1. The van der Waals surface area contributed by atoms with Crippen molar-refractivity contribution in [1.82, 2.24) is 4.98 Å². The van der Waals surface area contributed by atoms with Crippen LogP contribution in [0.1, 0.15) is 63.4 Å². The molecule has 0 fully saturated rings. The van der Waals surface area contributed by atoms with Crippen LogP contribution in [0.2, 0.25) is 5.02 Å². The van der Waals surface area contributed by atoms with Gasteiger partial charge in [-0.25, -0.2) is 0 Å². The summed E-state index contributed by atoms with van der Waals surface area (Å²) in [5.41, 5.74) is 0.702. The fourth-order valence-electron chi connectivity index (χ4n) is 2.18. The van der Waals surface area contributed by atoms with E-state index in [2.05, 4.69) is 11.9 Å². The SMILES string of the molecule is CCCCCCCCC(C(=O)O)c1cncc(Cl)c1. The van der Waals surface area contributed by atoms with E-state index in [-0.39, 0.29) is 0 Å². The van der Waals surface area contributed by atoms with E-state index in [4.69, 9.17) is 11.6 Å². The smallest absolute Gasteiger partial charge is 0.311 e. The molecule has 0 saturated heterocycles. The highest BCUT2D eigenvalue weighted by Gasteiger charge is 2.19. The molecular formula is C15H22ClNO2. The zero-order valence-electron chi connectivity index (χ0n) is 11.4. The van der Waals surface area contributed by atoms with Crippen molar-refractivity contribution in [2.45, 2.75) is 57.8 Å². The molecule has 0 spiro atoms. The minimum Gasteiger partial charge on any atom is -0.481 e. The molecule has 0 aliphatic heterocycles. The van der Waals surface area contributed by atoms with Crippen LogP contribution < -0.4 is 0 Å². The lowest BCUT2D eigenvalue weighted by Crippen LogP contribution is -2.12. The topological polar surface area (TPSA) is 50.2 Å². The number of carboxylic acid groups (broad SMARTS) is 1. The third kappa shape index (κ3) is 6.06. The molecule has 0 aliphatic rings. The predicted molar refractivity (Wildman–Crippen MR) is 77.6 cm³/mol. The molecular weight excluding hydrogens is 262 g/mol. The lowest BCUT2D eigenvalue weighted by atomic mass is 9.94. The van der Waals surface area contributed by atoms with Crippen molar-refractivity contribution in [2.24, 2.45) is 0 Å². The lowest BCUT2D eigenvalue weighted by Gasteiger charge is -2.12. The number of hydrogen-bond acceptors (Lipinski definition) is 2. The predicted octanol–water partition coefficient (Wildman–Crippen LogP) is 4.65. The first-order valence-corrected chi connectivity index (χ1v) is 7.36. The van der Waals surface area contributed by atoms with Gasteiger partial charge in [0.05, 0.1) is 10.9 Å². The molecule has 0 amide bonds. The Morgan fingerprint density at radius 3 is 2.58 bits per heavy atom. The molecule has 1 N–H and O–H groups in total. The zero-order valence-corrected chi connectivity index (χ0v) is 12.2. The molecule has 1 heterocycles. The summed E-state index contributed by atoms with van der Waals surface area (Å²) in [6.07, 6.45) is 10.7. The monoisotopic (exact) mass is 283 g/mol. The Labute approximate surface area is 120 Å². The zero-order chi connectivity index (χ0) is 14.1. The van der Waals surface area contributed by atoms with E-state index in [0.717, 1.165) is 12.8 Å². The van der Waals surface area contributed by atoms with E-state index in [1.54, 1.807) is 12.3 Å². The Kier molecular flexibility index (Phi) is 7.49. The van der Waals surface area contributed by atoms with Gasteiger partial charge >= 0.3 is 5.97 Å². The van der Waals surface area contributed by atoms with Crippen LogP contribution in [0.4, 0.5) is 0 Å². The largest absolute Gasteiger partial charge is 0.481 e. The quantitative estimate of drug-likeness (QED) is 0.671. The van der Waals surface area contributed by atoms with Crippen LogP contribution in [-0.2, 0) is 4.79 Å². The first kappa shape index (κ1) is 16.0. The van der Waals surface area contributed by atoms with Gasteiger partial charge in [-0.2, -0.15) is 0 Å². The van der Waals surface area contributed by atoms with Crippen molar-refractivity contribution in [1.29, 1.82) is 0 Å². The molecule has 0 bridgehead atoms. The molecule has 106 valence electrons. The standard InChI is InChI=1S/C15H22ClNO2/c1-2-3-4-5-6-7-8-14(15(18)19)12-9-13(16)11-17-10-12/h9-11,14H,2-8H2,1H3,(H,18,19). The second-order valence-corrected chi connectivity index (χ2v) is 5.32. The molecule has 0 aliphatic carbocycles. The molecule has 0 aromatic carbocycles. The number of aliphatic carboxylic acids is 1. The number of nitrogens with zero attached hydrogens (tertiary/aromatic N) is 1. The second kappa shape index (κ2) is 8.92. The van der Waals surface area contributed by atoms with Crippen LogP contribution in [0.3, 0.4) is 0 Å². The highest BCUT2D eigenvalue weighted by Crippen LogP contribution is 2.24. The van der Waals surface area contributed by atoms with Gasteiger partial charge in [-0.05, 0) is 18.1 Å². The van der Waals surface area contributed by atoms with Gasteiger partial charge in [0, 0.05) is 12.4 Å². The van der Waals surface area contributed by atoms with Gasteiger partial charge < -0.3 is 5.11 Å². The average molecular weight is 284 g/mol. The van der Waals surface area contributed by atoms with E-state index in [1.165, 1.54) is 31.9 Å². The summed E-state index contributed by atoms with van der Waals surface area (Å²) in [4.78, 5) is 15.3. The van der Waals surface area contributed by atoms with Gasteiger partial charge in [0.1, 0.15) is 0 Å². The molecule has 1 unspecified atom stereocenters. The van der Waals surface area contributed by atoms with E-state index >= 15 is 0 Å². The Bertz CT molecular complexity index is 395. The van der Waals surface area contributed by atoms with E-state index in [0.29, 0.717) is 17.0 Å². The summed E-state index contributed by atoms with van der Waals surface area (Å²) in [7, 11) is 0. The van der Waals surface area contributed by atoms with Crippen LogP contribution in [-0.4, -0.2) is 16.1 Å². The normalized spacial score (nSPS) is 12.3. The fourth-order valence-corrected chi connectivity index (χ4v) is 2.36. The number of rotatable bonds is 9. The molecule has 1 aromatic rings. The molecule has 1 aromatic heterocycles. The summed E-state index contributed by atoms with van der Waals surface area (Å²) in [5.74, 6) is -1.28. The molecule has 3 nitrogen and oxygen atoms in total. The van der Waals surface area contributed by atoms with Crippen LogP contribution in [0.25, 0.3) is 0 Å². The number of hydrogen-bond donors (Lipinski definition) is 1. The Morgan fingerprint density at radius 1 is 1.26 bits per heavy atom. The third-order valence-electron chi connectivity index (χ3n) is 3.27. The molecule has 4 heteroatoms. The maximum atomic E-state index is 11.3. The Morgan fingerprint density at radius 2 is 1.95 bits per heavy atom. The van der Waals surface area contributed by atoms with Crippen molar-refractivity contribution < 1.29 is 9.90 Å². The summed E-state index contributed by atoms with van der Waals surface area (Å²) in [5, 5.41) is 9.78. The van der Waals surface area contributed by atoms with Crippen molar-refractivity contribution in [3.63, 3.8) is 0 Å². The van der Waals surface area contributed by atoms with Gasteiger partial charge in [0.25, 0.3) is 0 Å². The number of pyridine rings is 1. The number of halogens is 1. The van der Waals surface area contributed by atoms with Crippen molar-refractivity contribution in [2.75, 3.05) is 0 Å². The molecule has 19 heavy (non-hydrogen) atoms. The van der Waals surface area contributed by atoms with Crippen LogP contribution >= 0.6 is 11.6 Å². The van der Waals surface area contributed by atoms with Gasteiger partial charge in [0.2, 0.25) is 0 Å². The highest BCUT2D eigenvalue weighted by atomic mass is 35.5. The minimum absolute atomic E-state index is 0.489. The summed E-state index contributed by atoms with van der Waals surface area (Å²) >= 11 is 5.86. The van der Waals surface area contributed by atoms with Crippen molar-refractivity contribution >= 4 is 17.6 Å². The fraction of sp³-hybridized carbons (Fsp3) is 0.600. The van der Waals surface area contributed by atoms with E-state index < -0.39 is 11.9 Å². The summed E-state index contributed by atoms with van der Waals surface area (Å²) in [6, 6.07) is 1.70. The molecule has 1 atom stereocenters. The molecule has 0 radical (unpaired) electrons. The number of unbranched alkanes of at least 4 members (excludes halogenated alkanes) is 5. The first-order valence-electron chi connectivity index (χ1n) is 6.98. The summed E-state index contributed by atoms with van der Waals surface area (Å²) in [6.45, 7) is 2.19. The van der Waals surface area contributed by atoms with Crippen LogP contribution in [0.15, 0.2) is 18.5 Å². The first-order chi connectivity index (χ1) is 9.15. The second-order valence-electron chi connectivity index (χ2n) is 4.88. The minimum atomic E-state index is -0.794. The number of carboxylic acids is 1. The lowest BCUT2D eigenvalue weighted by molar-refractivity contribution is -0.139. The third-order valence-corrected chi connectivity index (χ3v) is 3.48. The maximum absolute atomic E-state index is 11.3. The van der Waals surface area contributed by atoms with Crippen molar-refractivity contribution in [3.8, 4) is 0 Å².